The molecule has 0 unspecified atom stereocenters. The summed E-state index contributed by atoms with van der Waals surface area (Å²) >= 11 is 1.60. The molecule has 0 atom stereocenters. The van der Waals surface area contributed by atoms with Crippen molar-refractivity contribution in [1.29, 1.82) is 0 Å². The van der Waals surface area contributed by atoms with Crippen molar-refractivity contribution in [3.8, 4) is 0 Å². The minimum absolute atomic E-state index is 0.828. The van der Waals surface area contributed by atoms with Crippen LogP contribution in [0, 0.1) is 6.92 Å². The number of hydrogen-bond acceptors (Lipinski definition) is 7. The smallest absolute Gasteiger partial charge is 0.189 e. The molecule has 0 N–H and O–H groups in total. The molecule has 1 fully saturated rings. The van der Waals surface area contributed by atoms with Gasteiger partial charge in [-0.15, -0.1) is 0 Å². The number of hydrogen-bond donors (Lipinski definition) is 0. The molecular weight excluding hydrogens is 310 g/mol. The Morgan fingerprint density at radius 1 is 1.17 bits per heavy atom. The Balaban J connectivity index is 1.62. The molecule has 2 aromatic rings. The number of aryl methyl sites for hydroxylation is 2. The van der Waals surface area contributed by atoms with E-state index in [4.69, 9.17) is 4.52 Å². The van der Waals surface area contributed by atoms with Gasteiger partial charge in [-0.25, -0.2) is 9.97 Å². The Labute approximate surface area is 141 Å². The molecule has 3 heterocycles. The van der Waals surface area contributed by atoms with E-state index in [1.165, 1.54) is 0 Å². The van der Waals surface area contributed by atoms with Gasteiger partial charge in [0, 0.05) is 44.0 Å². The molecule has 1 saturated heterocycles. The number of anilines is 1. The van der Waals surface area contributed by atoms with Gasteiger partial charge in [0.25, 0.3) is 0 Å². The zero-order chi connectivity index (χ0) is 16.2. The lowest BCUT2D eigenvalue weighted by Gasteiger charge is -2.35. The van der Waals surface area contributed by atoms with Crippen LogP contribution in [-0.4, -0.2) is 52.5 Å². The third kappa shape index (κ3) is 4.03. The molecule has 23 heavy (non-hydrogen) atoms. The van der Waals surface area contributed by atoms with Crippen LogP contribution in [0.15, 0.2) is 21.8 Å². The Morgan fingerprint density at radius 2 is 1.96 bits per heavy atom. The second kappa shape index (κ2) is 7.31. The summed E-state index contributed by atoms with van der Waals surface area (Å²) in [6.07, 6.45) is 2.96. The molecule has 7 heteroatoms. The molecule has 1 aliphatic heterocycles. The fourth-order valence-corrected chi connectivity index (χ4v) is 3.13. The van der Waals surface area contributed by atoms with Crippen molar-refractivity contribution in [2.45, 2.75) is 32.0 Å². The normalized spacial score (nSPS) is 16.0. The molecule has 124 valence electrons. The topological polar surface area (TPSA) is 58.3 Å². The van der Waals surface area contributed by atoms with E-state index in [0.717, 1.165) is 67.3 Å². The maximum absolute atomic E-state index is 5.31. The average molecular weight is 333 g/mol. The molecule has 0 bridgehead atoms. The maximum Gasteiger partial charge on any atom is 0.189 e. The number of nitrogens with zero attached hydrogens (tertiary/aromatic N) is 5. The van der Waals surface area contributed by atoms with Crippen LogP contribution < -0.4 is 4.90 Å². The zero-order valence-corrected chi connectivity index (χ0v) is 14.8. The van der Waals surface area contributed by atoms with Gasteiger partial charge in [0.05, 0.1) is 12.2 Å². The highest BCUT2D eigenvalue weighted by Gasteiger charge is 2.20. The van der Waals surface area contributed by atoms with Crippen molar-refractivity contribution < 1.29 is 4.52 Å². The monoisotopic (exact) mass is 333 g/mol. The summed E-state index contributed by atoms with van der Waals surface area (Å²) in [4.78, 5) is 13.9. The Bertz CT molecular complexity index is 629. The minimum Gasteiger partial charge on any atom is -0.360 e. The average Bonchev–Trinajstić information content (AvgIpc) is 3.00. The lowest BCUT2D eigenvalue weighted by Crippen LogP contribution is -2.46. The van der Waals surface area contributed by atoms with Gasteiger partial charge in [-0.3, -0.25) is 4.90 Å². The Hall–Kier alpha value is -1.60. The number of piperazine rings is 1. The second-order valence-electron chi connectivity index (χ2n) is 5.76. The molecule has 1 aliphatic rings. The van der Waals surface area contributed by atoms with Crippen molar-refractivity contribution in [1.82, 2.24) is 20.0 Å². The largest absolute Gasteiger partial charge is 0.360 e. The van der Waals surface area contributed by atoms with Crippen molar-refractivity contribution in [3.63, 3.8) is 0 Å². The number of rotatable bonds is 5. The van der Waals surface area contributed by atoms with Crippen LogP contribution in [0.3, 0.4) is 0 Å². The van der Waals surface area contributed by atoms with Crippen molar-refractivity contribution in [2.75, 3.05) is 37.3 Å². The predicted octanol–water partition coefficient (Wildman–Crippen LogP) is 2.38. The van der Waals surface area contributed by atoms with E-state index in [-0.39, 0.29) is 0 Å². The highest BCUT2D eigenvalue weighted by atomic mass is 32.2. The molecule has 0 aliphatic carbocycles. The van der Waals surface area contributed by atoms with E-state index in [1.54, 1.807) is 11.8 Å². The maximum atomic E-state index is 5.31. The lowest BCUT2D eigenvalue weighted by atomic mass is 10.2. The molecular formula is C16H23N5OS. The first-order valence-electron chi connectivity index (χ1n) is 7.99. The van der Waals surface area contributed by atoms with Crippen LogP contribution in [-0.2, 0) is 13.0 Å². The highest BCUT2D eigenvalue weighted by molar-refractivity contribution is 7.98. The zero-order valence-electron chi connectivity index (χ0n) is 13.9. The fraction of sp³-hybridized carbons (Fsp3) is 0.562. The molecule has 0 amide bonds. The Kier molecular flexibility index (Phi) is 5.17. The molecule has 0 radical (unpaired) electrons. The van der Waals surface area contributed by atoms with Crippen LogP contribution in [0.2, 0.25) is 0 Å². The fourth-order valence-electron chi connectivity index (χ4n) is 2.74. The SMILES string of the molecule is CCc1cc(N2CCN(Cc3cc(C)no3)CC2)nc(SC)n1. The van der Waals surface area contributed by atoms with E-state index in [0.29, 0.717) is 0 Å². The predicted molar refractivity (Wildman–Crippen MR) is 91.9 cm³/mol. The van der Waals surface area contributed by atoms with Gasteiger partial charge in [0.15, 0.2) is 10.9 Å². The minimum atomic E-state index is 0.828. The van der Waals surface area contributed by atoms with E-state index in [9.17, 15) is 0 Å². The van der Waals surface area contributed by atoms with E-state index in [1.807, 2.05) is 19.2 Å². The van der Waals surface area contributed by atoms with Gasteiger partial charge in [-0.1, -0.05) is 23.8 Å². The highest BCUT2D eigenvalue weighted by Crippen LogP contribution is 2.20. The third-order valence-electron chi connectivity index (χ3n) is 4.04. The van der Waals surface area contributed by atoms with E-state index >= 15 is 0 Å². The third-order valence-corrected chi connectivity index (χ3v) is 4.59. The number of aromatic nitrogens is 3. The van der Waals surface area contributed by atoms with Crippen LogP contribution >= 0.6 is 11.8 Å². The van der Waals surface area contributed by atoms with Crippen molar-refractivity contribution in [2.24, 2.45) is 0 Å². The van der Waals surface area contributed by atoms with Crippen molar-refractivity contribution >= 4 is 17.6 Å². The van der Waals surface area contributed by atoms with Crippen LogP contribution in [0.4, 0.5) is 5.82 Å². The van der Waals surface area contributed by atoms with Gasteiger partial charge in [0.1, 0.15) is 5.82 Å². The Morgan fingerprint density at radius 3 is 2.57 bits per heavy atom. The summed E-state index contributed by atoms with van der Waals surface area (Å²) in [5, 5.41) is 4.81. The van der Waals surface area contributed by atoms with E-state index in [2.05, 4.69) is 37.9 Å². The number of thioether (sulfide) groups is 1. The van der Waals surface area contributed by atoms with Gasteiger partial charge >= 0.3 is 0 Å². The molecule has 0 spiro atoms. The lowest BCUT2D eigenvalue weighted by molar-refractivity contribution is 0.219. The molecule has 6 nitrogen and oxygen atoms in total. The van der Waals surface area contributed by atoms with Crippen molar-refractivity contribution in [3.05, 3.63) is 29.3 Å². The van der Waals surface area contributed by atoms with E-state index < -0.39 is 0 Å². The van der Waals surface area contributed by atoms with Gasteiger partial charge in [-0.2, -0.15) is 0 Å². The standard InChI is InChI=1S/C16H23N5OS/c1-4-13-10-15(18-16(17-13)23-3)21-7-5-20(6-8-21)11-14-9-12(2)19-22-14/h9-10H,4-8,11H2,1-3H3. The van der Waals surface area contributed by atoms with Gasteiger partial charge in [-0.05, 0) is 19.6 Å². The summed E-state index contributed by atoms with van der Waals surface area (Å²) < 4.78 is 5.31. The quantitative estimate of drug-likeness (QED) is 0.615. The first kappa shape index (κ1) is 16.3. The molecule has 0 saturated carbocycles. The second-order valence-corrected chi connectivity index (χ2v) is 6.53. The molecule has 2 aromatic heterocycles. The molecule has 3 rings (SSSR count). The van der Waals surface area contributed by atoms with Gasteiger partial charge in [0.2, 0.25) is 0 Å². The summed E-state index contributed by atoms with van der Waals surface area (Å²) in [5.41, 5.74) is 2.05. The van der Waals surface area contributed by atoms with Crippen LogP contribution in [0.25, 0.3) is 0 Å². The summed E-state index contributed by atoms with van der Waals surface area (Å²) in [6, 6.07) is 4.13. The summed E-state index contributed by atoms with van der Waals surface area (Å²) in [7, 11) is 0. The van der Waals surface area contributed by atoms with Gasteiger partial charge < -0.3 is 9.42 Å². The van der Waals surface area contributed by atoms with Crippen LogP contribution in [0.5, 0.6) is 0 Å². The first-order chi connectivity index (χ1) is 11.2. The summed E-state index contributed by atoms with van der Waals surface area (Å²) in [5.74, 6) is 1.99. The first-order valence-corrected chi connectivity index (χ1v) is 9.22. The van der Waals surface area contributed by atoms with Crippen LogP contribution in [0.1, 0.15) is 24.1 Å². The molecule has 0 aromatic carbocycles. The summed E-state index contributed by atoms with van der Waals surface area (Å²) in [6.45, 7) is 8.86.